The van der Waals surface area contributed by atoms with E-state index in [4.69, 9.17) is 14.2 Å². The highest BCUT2D eigenvalue weighted by molar-refractivity contribution is 7.89. The number of nitrogens with zero attached hydrogens (tertiary/aromatic N) is 1. The number of benzene rings is 2. The van der Waals surface area contributed by atoms with Crippen LogP contribution >= 0.6 is 0 Å². The number of ether oxygens (including phenoxy) is 3. The Kier molecular flexibility index (Phi) is 8.20. The summed E-state index contributed by atoms with van der Waals surface area (Å²) in [5.41, 5.74) is 0.961. The first-order valence-corrected chi connectivity index (χ1v) is 12.5. The highest BCUT2D eigenvalue weighted by atomic mass is 32.2. The zero-order valence-electron chi connectivity index (χ0n) is 19.5. The smallest absolute Gasteiger partial charge is 0.243 e. The summed E-state index contributed by atoms with van der Waals surface area (Å²) in [6, 6.07) is 12.0. The minimum atomic E-state index is -3.69. The highest BCUT2D eigenvalue weighted by Gasteiger charge is 2.33. The molecule has 180 valence electrons. The van der Waals surface area contributed by atoms with E-state index in [0.29, 0.717) is 30.9 Å². The van der Waals surface area contributed by atoms with Crippen molar-refractivity contribution in [2.24, 2.45) is 5.92 Å². The maximum Gasteiger partial charge on any atom is 0.243 e. The van der Waals surface area contributed by atoms with Gasteiger partial charge in [0, 0.05) is 25.1 Å². The number of hydrogen-bond acceptors (Lipinski definition) is 6. The van der Waals surface area contributed by atoms with Gasteiger partial charge in [0.25, 0.3) is 0 Å². The Morgan fingerprint density at radius 1 is 1.09 bits per heavy atom. The van der Waals surface area contributed by atoms with E-state index >= 15 is 0 Å². The van der Waals surface area contributed by atoms with E-state index in [1.54, 1.807) is 6.07 Å². The molecule has 2 aromatic carbocycles. The normalized spacial score (nSPS) is 16.1. The molecule has 1 aliphatic heterocycles. The van der Waals surface area contributed by atoms with Crippen LogP contribution in [0.1, 0.15) is 38.3 Å². The zero-order chi connectivity index (χ0) is 24.0. The summed E-state index contributed by atoms with van der Waals surface area (Å²) < 4.78 is 43.6. The number of hydrogen-bond donors (Lipinski definition) is 1. The second-order valence-corrected chi connectivity index (χ2v) is 9.87. The van der Waals surface area contributed by atoms with Crippen LogP contribution in [0.15, 0.2) is 47.4 Å². The molecular weight excluding hydrogens is 444 g/mol. The van der Waals surface area contributed by atoms with Crippen LogP contribution in [0.25, 0.3) is 0 Å². The second kappa shape index (κ2) is 10.9. The van der Waals surface area contributed by atoms with Crippen LogP contribution in [0.3, 0.4) is 0 Å². The zero-order valence-corrected chi connectivity index (χ0v) is 20.4. The molecule has 0 aromatic heterocycles. The standard InChI is InChI=1S/C24H32N2O6S/c1-5-32-20-8-6-7-19(15-20)17(2)25-24(27)18-11-13-26(14-12-18)33(28,29)21-9-10-22(30-3)23(16-21)31-4/h6-10,15-18H,5,11-14H2,1-4H3,(H,25,27). The molecule has 33 heavy (non-hydrogen) atoms. The van der Waals surface area contributed by atoms with Gasteiger partial charge in [0.15, 0.2) is 11.5 Å². The molecule has 1 N–H and O–H groups in total. The van der Waals surface area contributed by atoms with Crippen LogP contribution in [-0.4, -0.2) is 52.5 Å². The van der Waals surface area contributed by atoms with E-state index in [-0.39, 0.29) is 35.9 Å². The Morgan fingerprint density at radius 3 is 2.42 bits per heavy atom. The minimum absolute atomic E-state index is 0.0625. The van der Waals surface area contributed by atoms with Gasteiger partial charge in [0.05, 0.1) is 31.8 Å². The van der Waals surface area contributed by atoms with Gasteiger partial charge in [-0.05, 0) is 56.5 Å². The number of nitrogens with one attached hydrogen (secondary N) is 1. The molecule has 1 fully saturated rings. The number of carbonyl (C=O) groups excluding carboxylic acids is 1. The molecule has 1 atom stereocenters. The van der Waals surface area contributed by atoms with Gasteiger partial charge in [-0.2, -0.15) is 4.31 Å². The van der Waals surface area contributed by atoms with Crippen molar-refractivity contribution >= 4 is 15.9 Å². The van der Waals surface area contributed by atoms with E-state index in [1.165, 1.54) is 30.7 Å². The molecule has 1 saturated heterocycles. The molecule has 1 aliphatic rings. The molecule has 1 heterocycles. The summed E-state index contributed by atoms with van der Waals surface area (Å²) in [6.07, 6.45) is 0.925. The number of amides is 1. The predicted octanol–water partition coefficient (Wildman–Crippen LogP) is 3.38. The number of methoxy groups -OCH3 is 2. The number of sulfonamides is 1. The van der Waals surface area contributed by atoms with Gasteiger partial charge in [-0.25, -0.2) is 8.42 Å². The van der Waals surface area contributed by atoms with E-state index in [9.17, 15) is 13.2 Å². The van der Waals surface area contributed by atoms with Crippen molar-refractivity contribution in [2.75, 3.05) is 33.9 Å². The van der Waals surface area contributed by atoms with Gasteiger partial charge < -0.3 is 19.5 Å². The molecule has 0 bridgehead atoms. The summed E-state index contributed by atoms with van der Waals surface area (Å²) >= 11 is 0. The average Bonchev–Trinajstić information content (AvgIpc) is 2.84. The van der Waals surface area contributed by atoms with Crippen molar-refractivity contribution in [3.63, 3.8) is 0 Å². The van der Waals surface area contributed by atoms with Crippen molar-refractivity contribution in [3.8, 4) is 17.2 Å². The lowest BCUT2D eigenvalue weighted by molar-refractivity contribution is -0.126. The summed E-state index contributed by atoms with van der Waals surface area (Å²) in [5, 5.41) is 3.06. The first-order chi connectivity index (χ1) is 15.8. The summed E-state index contributed by atoms with van der Waals surface area (Å²) in [7, 11) is -0.730. The Morgan fingerprint density at radius 2 is 1.79 bits per heavy atom. The SMILES string of the molecule is CCOc1cccc(C(C)NC(=O)C2CCN(S(=O)(=O)c3ccc(OC)c(OC)c3)CC2)c1. The number of carbonyl (C=O) groups is 1. The molecule has 3 rings (SSSR count). The molecule has 1 amide bonds. The summed E-state index contributed by atoms with van der Waals surface area (Å²) in [4.78, 5) is 13.0. The summed E-state index contributed by atoms with van der Waals surface area (Å²) in [5.74, 6) is 1.29. The van der Waals surface area contributed by atoms with E-state index in [0.717, 1.165) is 11.3 Å². The van der Waals surface area contributed by atoms with Crippen LogP contribution < -0.4 is 19.5 Å². The van der Waals surface area contributed by atoms with Crippen LogP contribution in [-0.2, 0) is 14.8 Å². The van der Waals surface area contributed by atoms with Gasteiger partial charge in [-0.15, -0.1) is 0 Å². The van der Waals surface area contributed by atoms with Crippen LogP contribution in [0.5, 0.6) is 17.2 Å². The largest absolute Gasteiger partial charge is 0.494 e. The molecule has 0 radical (unpaired) electrons. The third-order valence-electron chi connectivity index (χ3n) is 5.85. The summed E-state index contributed by atoms with van der Waals surface area (Å²) in [6.45, 7) is 5.00. The fourth-order valence-corrected chi connectivity index (χ4v) is 5.42. The Bertz CT molecular complexity index is 1060. The lowest BCUT2D eigenvalue weighted by Gasteiger charge is -2.31. The van der Waals surface area contributed by atoms with Gasteiger partial charge in [-0.3, -0.25) is 4.79 Å². The maximum atomic E-state index is 13.1. The van der Waals surface area contributed by atoms with Gasteiger partial charge in [-0.1, -0.05) is 12.1 Å². The monoisotopic (exact) mass is 476 g/mol. The van der Waals surface area contributed by atoms with Crippen LogP contribution in [0, 0.1) is 5.92 Å². The average molecular weight is 477 g/mol. The molecular formula is C24H32N2O6S. The number of rotatable bonds is 9. The third kappa shape index (κ3) is 5.78. The molecule has 2 aromatic rings. The molecule has 8 nitrogen and oxygen atoms in total. The van der Waals surface area contributed by atoms with E-state index in [2.05, 4.69) is 5.32 Å². The van der Waals surface area contributed by atoms with Gasteiger partial charge in [0.2, 0.25) is 15.9 Å². The van der Waals surface area contributed by atoms with Crippen molar-refractivity contribution in [1.82, 2.24) is 9.62 Å². The second-order valence-electron chi connectivity index (χ2n) is 7.93. The van der Waals surface area contributed by atoms with E-state index < -0.39 is 10.0 Å². The maximum absolute atomic E-state index is 13.1. The first-order valence-electron chi connectivity index (χ1n) is 11.1. The minimum Gasteiger partial charge on any atom is -0.494 e. The van der Waals surface area contributed by atoms with E-state index in [1.807, 2.05) is 38.1 Å². The lowest BCUT2D eigenvalue weighted by Crippen LogP contribution is -2.43. The van der Waals surface area contributed by atoms with Crippen molar-refractivity contribution in [3.05, 3.63) is 48.0 Å². The van der Waals surface area contributed by atoms with Crippen LogP contribution in [0.2, 0.25) is 0 Å². The van der Waals surface area contributed by atoms with Gasteiger partial charge >= 0.3 is 0 Å². The lowest BCUT2D eigenvalue weighted by atomic mass is 9.96. The molecule has 0 spiro atoms. The topological polar surface area (TPSA) is 94.2 Å². The molecule has 0 saturated carbocycles. The van der Waals surface area contributed by atoms with Crippen LogP contribution in [0.4, 0.5) is 0 Å². The molecule has 1 unspecified atom stereocenters. The Labute approximate surface area is 195 Å². The highest BCUT2D eigenvalue weighted by Crippen LogP contribution is 2.32. The quantitative estimate of drug-likeness (QED) is 0.596. The molecule has 9 heteroatoms. The Balaban J connectivity index is 1.61. The third-order valence-corrected chi connectivity index (χ3v) is 7.74. The fourth-order valence-electron chi connectivity index (χ4n) is 3.94. The van der Waals surface area contributed by atoms with Gasteiger partial charge in [0.1, 0.15) is 5.75 Å². The van der Waals surface area contributed by atoms with Crippen molar-refractivity contribution in [1.29, 1.82) is 0 Å². The number of piperidine rings is 1. The van der Waals surface area contributed by atoms with Crippen molar-refractivity contribution in [2.45, 2.75) is 37.6 Å². The van der Waals surface area contributed by atoms with Crippen molar-refractivity contribution < 1.29 is 27.4 Å². The first kappa shape index (κ1) is 24.9. The predicted molar refractivity (Wildman–Crippen MR) is 125 cm³/mol. The molecule has 0 aliphatic carbocycles. The fraction of sp³-hybridized carbons (Fsp3) is 0.458. The Hall–Kier alpha value is -2.78.